The first-order valence-corrected chi connectivity index (χ1v) is 7.88. The van der Waals surface area contributed by atoms with Gasteiger partial charge in [-0.15, -0.1) is 4.91 Å². The molecule has 0 radical (unpaired) electrons. The summed E-state index contributed by atoms with van der Waals surface area (Å²) in [6.07, 6.45) is 3.91. The minimum absolute atomic E-state index is 0.435. The van der Waals surface area contributed by atoms with Crippen LogP contribution in [0.3, 0.4) is 0 Å². The smallest absolute Gasteiger partial charge is 0.115 e. The molecule has 3 rings (SSSR count). The van der Waals surface area contributed by atoms with Crippen molar-refractivity contribution in [3.05, 3.63) is 77.2 Å². The van der Waals surface area contributed by atoms with Gasteiger partial charge in [0.1, 0.15) is 5.69 Å². The Hall–Kier alpha value is -2.74. The number of nitrogens with zero attached hydrogens (tertiary/aromatic N) is 1. The molecular weight excluding hydrogens is 282 g/mol. The van der Waals surface area contributed by atoms with Crippen LogP contribution in [0.1, 0.15) is 24.5 Å². The Labute approximate surface area is 136 Å². The lowest BCUT2D eigenvalue weighted by molar-refractivity contribution is 0.922. The van der Waals surface area contributed by atoms with Gasteiger partial charge in [0.05, 0.1) is 0 Å². The van der Waals surface area contributed by atoms with Crippen molar-refractivity contribution in [2.45, 2.75) is 19.8 Å². The first-order chi connectivity index (χ1) is 11.2. The van der Waals surface area contributed by atoms with Gasteiger partial charge in [0, 0.05) is 5.56 Å². The fourth-order valence-electron chi connectivity index (χ4n) is 2.92. The van der Waals surface area contributed by atoms with Gasteiger partial charge in [-0.1, -0.05) is 62.4 Å². The maximum Gasteiger partial charge on any atom is 0.115 e. The van der Waals surface area contributed by atoms with Crippen LogP contribution in [0.2, 0.25) is 0 Å². The summed E-state index contributed by atoms with van der Waals surface area (Å²) >= 11 is 0. The molecule has 0 spiro atoms. The van der Waals surface area contributed by atoms with Crippen molar-refractivity contribution in [2.24, 2.45) is 5.18 Å². The second kappa shape index (κ2) is 6.57. The van der Waals surface area contributed by atoms with E-state index in [-0.39, 0.29) is 0 Å². The second-order valence-electron chi connectivity index (χ2n) is 5.72. The van der Waals surface area contributed by atoms with Crippen LogP contribution < -0.4 is 0 Å². The highest BCUT2D eigenvalue weighted by Crippen LogP contribution is 2.31. The number of benzene rings is 3. The third-order valence-corrected chi connectivity index (χ3v) is 4.10. The molecule has 0 saturated carbocycles. The molecule has 0 aliphatic heterocycles. The van der Waals surface area contributed by atoms with Crippen LogP contribution in [0.5, 0.6) is 0 Å². The van der Waals surface area contributed by atoms with Crippen molar-refractivity contribution < 1.29 is 0 Å². The van der Waals surface area contributed by atoms with Gasteiger partial charge in [-0.3, -0.25) is 0 Å². The van der Waals surface area contributed by atoms with Crippen LogP contribution in [0.15, 0.2) is 66.4 Å². The summed E-state index contributed by atoms with van der Waals surface area (Å²) < 4.78 is 0. The molecule has 2 heteroatoms. The number of hydrogen-bond acceptors (Lipinski definition) is 2. The molecule has 0 aliphatic carbocycles. The third kappa shape index (κ3) is 3.07. The van der Waals surface area contributed by atoms with Gasteiger partial charge < -0.3 is 0 Å². The van der Waals surface area contributed by atoms with E-state index in [1.54, 1.807) is 6.08 Å². The van der Waals surface area contributed by atoms with E-state index in [0.717, 1.165) is 29.2 Å². The monoisotopic (exact) mass is 301 g/mol. The topological polar surface area (TPSA) is 29.4 Å². The van der Waals surface area contributed by atoms with Crippen molar-refractivity contribution in [3.63, 3.8) is 0 Å². The summed E-state index contributed by atoms with van der Waals surface area (Å²) in [5.41, 5.74) is 4.96. The average molecular weight is 301 g/mol. The fourth-order valence-corrected chi connectivity index (χ4v) is 2.92. The number of hydrogen-bond donors (Lipinski definition) is 0. The Balaban J connectivity index is 2.10. The van der Waals surface area contributed by atoms with Crippen LogP contribution in [0, 0.1) is 4.91 Å². The summed E-state index contributed by atoms with van der Waals surface area (Å²) in [7, 11) is 0. The molecule has 0 bridgehead atoms. The molecule has 2 nitrogen and oxygen atoms in total. The summed E-state index contributed by atoms with van der Waals surface area (Å²) in [5.74, 6) is 0. The molecule has 0 atom stereocenters. The molecule has 0 aromatic heterocycles. The van der Waals surface area contributed by atoms with Crippen molar-refractivity contribution in [1.29, 1.82) is 0 Å². The summed E-state index contributed by atoms with van der Waals surface area (Å²) in [5, 5.41) is 5.18. The fraction of sp³-hybridized carbons (Fsp3) is 0.143. The normalized spacial score (nSPS) is 10.7. The summed E-state index contributed by atoms with van der Waals surface area (Å²) in [4.78, 5) is 10.9. The second-order valence-corrected chi connectivity index (χ2v) is 5.72. The Bertz CT molecular complexity index is 880. The van der Waals surface area contributed by atoms with Crippen molar-refractivity contribution in [3.8, 4) is 11.1 Å². The van der Waals surface area contributed by atoms with Gasteiger partial charge in [0.15, 0.2) is 0 Å². The van der Waals surface area contributed by atoms with E-state index in [0.29, 0.717) is 5.69 Å². The van der Waals surface area contributed by atoms with E-state index in [2.05, 4.69) is 55.1 Å². The van der Waals surface area contributed by atoms with Crippen molar-refractivity contribution >= 4 is 22.5 Å². The van der Waals surface area contributed by atoms with E-state index < -0.39 is 0 Å². The molecule has 3 aromatic carbocycles. The number of fused-ring (bicyclic) bond motifs is 1. The van der Waals surface area contributed by atoms with Crippen LogP contribution >= 0.6 is 0 Å². The maximum absolute atomic E-state index is 10.9. The van der Waals surface area contributed by atoms with Gasteiger partial charge in [-0.2, -0.15) is 0 Å². The molecule has 114 valence electrons. The van der Waals surface area contributed by atoms with Crippen molar-refractivity contribution in [1.82, 2.24) is 0 Å². The first-order valence-electron chi connectivity index (χ1n) is 7.88. The summed E-state index contributed by atoms with van der Waals surface area (Å²) in [6, 6.07) is 18.7. The molecule has 3 aromatic rings. The Morgan fingerprint density at radius 1 is 1.00 bits per heavy atom. The highest BCUT2D eigenvalue weighted by Gasteiger charge is 2.05. The zero-order valence-corrected chi connectivity index (χ0v) is 13.3. The average Bonchev–Trinajstić information content (AvgIpc) is 2.60. The standard InChI is InChI=1S/C21H19NO/c1-3-6-15-7-5-8-17(11-15)18-9-10-19-14-21(22-23)16(4-2)12-20(19)13-18/h4-5,7-14H,2-3,6H2,1H3. The van der Waals surface area contributed by atoms with E-state index in [1.165, 1.54) is 16.7 Å². The van der Waals surface area contributed by atoms with Crippen LogP contribution in [-0.2, 0) is 6.42 Å². The lowest BCUT2D eigenvalue weighted by atomic mass is 9.97. The lowest BCUT2D eigenvalue weighted by Crippen LogP contribution is -1.85. The van der Waals surface area contributed by atoms with E-state index >= 15 is 0 Å². The first kappa shape index (κ1) is 15.2. The van der Waals surface area contributed by atoms with Gasteiger partial charge in [0.2, 0.25) is 0 Å². The van der Waals surface area contributed by atoms with Crippen LogP contribution in [0.4, 0.5) is 5.69 Å². The predicted molar refractivity (Wildman–Crippen MR) is 98.9 cm³/mol. The van der Waals surface area contributed by atoms with Crippen LogP contribution in [-0.4, -0.2) is 0 Å². The molecule has 0 N–H and O–H groups in total. The van der Waals surface area contributed by atoms with Gasteiger partial charge in [-0.25, -0.2) is 0 Å². The highest BCUT2D eigenvalue weighted by molar-refractivity contribution is 5.92. The highest BCUT2D eigenvalue weighted by atomic mass is 16.3. The quantitative estimate of drug-likeness (QED) is 0.494. The largest absolute Gasteiger partial charge is 0.145 e. The van der Waals surface area contributed by atoms with Crippen LogP contribution in [0.25, 0.3) is 28.0 Å². The van der Waals surface area contributed by atoms with E-state index in [4.69, 9.17) is 0 Å². The molecule has 0 aliphatic rings. The van der Waals surface area contributed by atoms with Gasteiger partial charge in [0.25, 0.3) is 0 Å². The summed E-state index contributed by atoms with van der Waals surface area (Å²) in [6.45, 7) is 5.95. The molecule has 0 fully saturated rings. The van der Waals surface area contributed by atoms with Gasteiger partial charge in [-0.05, 0) is 57.3 Å². The minimum atomic E-state index is 0.435. The van der Waals surface area contributed by atoms with Gasteiger partial charge >= 0.3 is 0 Å². The molecule has 23 heavy (non-hydrogen) atoms. The molecule has 0 unspecified atom stereocenters. The van der Waals surface area contributed by atoms with E-state index in [1.807, 2.05) is 18.2 Å². The number of aryl methyl sites for hydroxylation is 1. The molecule has 0 amide bonds. The Morgan fingerprint density at radius 3 is 2.57 bits per heavy atom. The predicted octanol–water partition coefficient (Wildman–Crippen LogP) is 6.50. The molecule has 0 saturated heterocycles. The van der Waals surface area contributed by atoms with Crippen molar-refractivity contribution in [2.75, 3.05) is 0 Å². The molecular formula is C21H19NO. The van der Waals surface area contributed by atoms with E-state index in [9.17, 15) is 4.91 Å². The Morgan fingerprint density at radius 2 is 1.83 bits per heavy atom. The maximum atomic E-state index is 10.9. The SMILES string of the molecule is C=Cc1cc2cc(-c3cccc(CCC)c3)ccc2cc1N=O. The zero-order valence-electron chi connectivity index (χ0n) is 13.3. The Kier molecular flexibility index (Phi) is 4.33. The minimum Gasteiger partial charge on any atom is -0.145 e. The number of nitroso groups, excluding NO2 is 1. The third-order valence-electron chi connectivity index (χ3n) is 4.10. The zero-order chi connectivity index (χ0) is 16.2. The number of rotatable bonds is 5. The molecule has 0 heterocycles. The lowest BCUT2D eigenvalue weighted by Gasteiger charge is -2.08.